The van der Waals surface area contributed by atoms with E-state index in [4.69, 9.17) is 0 Å². The van der Waals surface area contributed by atoms with E-state index in [1.165, 1.54) is 6.07 Å². The van der Waals surface area contributed by atoms with Gasteiger partial charge in [-0.1, -0.05) is 18.2 Å². The highest BCUT2D eigenvalue weighted by Gasteiger charge is 2.24. The van der Waals surface area contributed by atoms with Gasteiger partial charge in [-0.3, -0.25) is 9.69 Å². The molecule has 0 saturated carbocycles. The molecule has 3 rings (SSSR count). The number of rotatable bonds is 5. The van der Waals surface area contributed by atoms with Crippen molar-refractivity contribution in [2.45, 2.75) is 26.8 Å². The van der Waals surface area contributed by atoms with Crippen LogP contribution < -0.4 is 5.32 Å². The van der Waals surface area contributed by atoms with Gasteiger partial charge in [-0.25, -0.2) is 14.4 Å². The standard InChI is InChI=1S/C19H23FN4O/c1-13-9-18(23-14(2)22-13)19(25)21-10-15-7-8-24(11-15)12-16-5-3-4-6-17(16)20/h3-6,9,15H,7-8,10-12H2,1-2H3,(H,21,25). The third-order valence-corrected chi connectivity index (χ3v) is 4.47. The van der Waals surface area contributed by atoms with Gasteiger partial charge in [-0.15, -0.1) is 0 Å². The molecule has 1 N–H and O–H groups in total. The number of halogens is 1. The summed E-state index contributed by atoms with van der Waals surface area (Å²) in [5.74, 6) is 0.650. The number of carbonyl (C=O) groups is 1. The Morgan fingerprint density at radius 3 is 2.88 bits per heavy atom. The average Bonchev–Trinajstić information content (AvgIpc) is 3.01. The molecule has 0 aliphatic carbocycles. The molecule has 1 aromatic carbocycles. The number of hydrogen-bond acceptors (Lipinski definition) is 4. The van der Waals surface area contributed by atoms with Gasteiger partial charge in [-0.05, 0) is 44.9 Å². The van der Waals surface area contributed by atoms with Gasteiger partial charge in [0.1, 0.15) is 17.3 Å². The fourth-order valence-electron chi connectivity index (χ4n) is 3.25. The molecule has 0 radical (unpaired) electrons. The Morgan fingerprint density at radius 2 is 2.12 bits per heavy atom. The Kier molecular flexibility index (Phi) is 5.38. The molecule has 5 nitrogen and oxygen atoms in total. The minimum absolute atomic E-state index is 0.159. The molecule has 6 heteroatoms. The molecule has 1 fully saturated rings. The Bertz CT molecular complexity index is 745. The number of nitrogens with one attached hydrogen (secondary N) is 1. The van der Waals surface area contributed by atoms with E-state index in [0.29, 0.717) is 30.5 Å². The van der Waals surface area contributed by atoms with Crippen molar-refractivity contribution in [3.05, 3.63) is 58.9 Å². The highest BCUT2D eigenvalue weighted by Crippen LogP contribution is 2.19. The summed E-state index contributed by atoms with van der Waals surface area (Å²) in [6.07, 6.45) is 0.997. The quantitative estimate of drug-likeness (QED) is 0.907. The van der Waals surface area contributed by atoms with Crippen molar-refractivity contribution in [3.63, 3.8) is 0 Å². The summed E-state index contributed by atoms with van der Waals surface area (Å²) in [4.78, 5) is 22.9. The van der Waals surface area contributed by atoms with Crippen molar-refractivity contribution in [1.82, 2.24) is 20.2 Å². The third-order valence-electron chi connectivity index (χ3n) is 4.47. The highest BCUT2D eigenvalue weighted by atomic mass is 19.1. The molecule has 1 unspecified atom stereocenters. The van der Waals surface area contributed by atoms with Gasteiger partial charge in [-0.2, -0.15) is 0 Å². The lowest BCUT2D eigenvalue weighted by Crippen LogP contribution is -2.31. The zero-order chi connectivity index (χ0) is 17.8. The summed E-state index contributed by atoms with van der Waals surface area (Å²) in [5, 5.41) is 2.96. The maximum absolute atomic E-state index is 13.8. The predicted molar refractivity (Wildman–Crippen MR) is 93.6 cm³/mol. The second-order valence-corrected chi connectivity index (χ2v) is 6.63. The van der Waals surface area contributed by atoms with Gasteiger partial charge in [0, 0.05) is 30.9 Å². The van der Waals surface area contributed by atoms with Crippen molar-refractivity contribution in [3.8, 4) is 0 Å². The molecule has 25 heavy (non-hydrogen) atoms. The molecule has 2 heterocycles. The molecule has 0 bridgehead atoms. The van der Waals surface area contributed by atoms with Crippen LogP contribution in [0.15, 0.2) is 30.3 Å². The van der Waals surface area contributed by atoms with E-state index in [-0.39, 0.29) is 11.7 Å². The number of carbonyl (C=O) groups excluding carboxylic acids is 1. The molecule has 0 spiro atoms. The number of likely N-dealkylation sites (tertiary alicyclic amines) is 1. The average molecular weight is 342 g/mol. The van der Waals surface area contributed by atoms with Gasteiger partial charge in [0.05, 0.1) is 0 Å². The lowest BCUT2D eigenvalue weighted by molar-refractivity contribution is 0.0941. The zero-order valence-electron chi connectivity index (χ0n) is 14.6. The zero-order valence-corrected chi connectivity index (χ0v) is 14.6. The van der Waals surface area contributed by atoms with Crippen LogP contribution in [0.4, 0.5) is 4.39 Å². The van der Waals surface area contributed by atoms with E-state index in [0.717, 1.165) is 30.8 Å². The number of aryl methyl sites for hydroxylation is 2. The van der Waals surface area contributed by atoms with Gasteiger partial charge in [0.15, 0.2) is 0 Å². The first kappa shape index (κ1) is 17.5. The van der Waals surface area contributed by atoms with Gasteiger partial charge in [0.25, 0.3) is 5.91 Å². The monoisotopic (exact) mass is 342 g/mol. The topological polar surface area (TPSA) is 58.1 Å². The lowest BCUT2D eigenvalue weighted by Gasteiger charge is -2.16. The maximum atomic E-state index is 13.8. The van der Waals surface area contributed by atoms with Crippen LogP contribution >= 0.6 is 0 Å². The molecule has 2 aromatic rings. The summed E-state index contributed by atoms with van der Waals surface area (Å²) >= 11 is 0. The van der Waals surface area contributed by atoms with E-state index < -0.39 is 0 Å². The molecule has 1 saturated heterocycles. The Balaban J connectivity index is 1.50. The number of hydrogen-bond donors (Lipinski definition) is 1. The van der Waals surface area contributed by atoms with Crippen LogP contribution in [0.1, 0.15) is 34.0 Å². The van der Waals surface area contributed by atoms with Crippen molar-refractivity contribution in [2.75, 3.05) is 19.6 Å². The molecule has 1 amide bonds. The fourth-order valence-corrected chi connectivity index (χ4v) is 3.25. The Labute approximate surface area is 147 Å². The first-order valence-corrected chi connectivity index (χ1v) is 8.57. The van der Waals surface area contributed by atoms with Crippen LogP contribution in [-0.2, 0) is 6.54 Å². The highest BCUT2D eigenvalue weighted by molar-refractivity contribution is 5.92. The third kappa shape index (κ3) is 4.60. The van der Waals surface area contributed by atoms with Crippen molar-refractivity contribution in [2.24, 2.45) is 5.92 Å². The first-order valence-electron chi connectivity index (χ1n) is 8.57. The molecule has 1 aliphatic rings. The minimum Gasteiger partial charge on any atom is -0.350 e. The summed E-state index contributed by atoms with van der Waals surface area (Å²) in [5.41, 5.74) is 1.92. The summed E-state index contributed by atoms with van der Waals surface area (Å²) in [6.45, 7) is 6.62. The fraction of sp³-hybridized carbons (Fsp3) is 0.421. The van der Waals surface area contributed by atoms with Crippen molar-refractivity contribution < 1.29 is 9.18 Å². The molecule has 1 atom stereocenters. The Morgan fingerprint density at radius 1 is 1.32 bits per heavy atom. The Hall–Kier alpha value is -2.34. The van der Waals surface area contributed by atoms with E-state index in [9.17, 15) is 9.18 Å². The number of benzene rings is 1. The first-order chi connectivity index (χ1) is 12.0. The van der Waals surface area contributed by atoms with Crippen LogP contribution in [0.2, 0.25) is 0 Å². The number of nitrogens with zero attached hydrogens (tertiary/aromatic N) is 3. The second-order valence-electron chi connectivity index (χ2n) is 6.63. The van der Waals surface area contributed by atoms with Gasteiger partial charge < -0.3 is 5.32 Å². The van der Waals surface area contributed by atoms with E-state index in [1.807, 2.05) is 19.1 Å². The SMILES string of the molecule is Cc1cc(C(=O)NCC2CCN(Cc3ccccc3F)C2)nc(C)n1. The van der Waals surface area contributed by atoms with Crippen molar-refractivity contribution >= 4 is 5.91 Å². The summed E-state index contributed by atoms with van der Waals surface area (Å²) < 4.78 is 13.8. The molecular formula is C19H23FN4O. The molecule has 1 aromatic heterocycles. The second kappa shape index (κ2) is 7.70. The largest absolute Gasteiger partial charge is 0.350 e. The van der Waals surface area contributed by atoms with Gasteiger partial charge >= 0.3 is 0 Å². The number of amides is 1. The van der Waals surface area contributed by atoms with Crippen LogP contribution in [0.5, 0.6) is 0 Å². The molecular weight excluding hydrogens is 319 g/mol. The van der Waals surface area contributed by atoms with E-state index >= 15 is 0 Å². The predicted octanol–water partition coefficient (Wildman–Crippen LogP) is 2.48. The number of aromatic nitrogens is 2. The van der Waals surface area contributed by atoms with Crippen molar-refractivity contribution in [1.29, 1.82) is 0 Å². The van der Waals surface area contributed by atoms with E-state index in [1.54, 1.807) is 19.1 Å². The van der Waals surface area contributed by atoms with E-state index in [2.05, 4.69) is 20.2 Å². The maximum Gasteiger partial charge on any atom is 0.270 e. The van der Waals surface area contributed by atoms with Crippen LogP contribution in [0.25, 0.3) is 0 Å². The molecule has 1 aliphatic heterocycles. The van der Waals surface area contributed by atoms with Crippen LogP contribution in [-0.4, -0.2) is 40.4 Å². The van der Waals surface area contributed by atoms with Gasteiger partial charge in [0.2, 0.25) is 0 Å². The van der Waals surface area contributed by atoms with Crippen LogP contribution in [0.3, 0.4) is 0 Å². The lowest BCUT2D eigenvalue weighted by atomic mass is 10.1. The summed E-state index contributed by atoms with van der Waals surface area (Å²) in [6, 6.07) is 8.58. The van der Waals surface area contributed by atoms with Crippen LogP contribution in [0, 0.1) is 25.6 Å². The smallest absolute Gasteiger partial charge is 0.270 e. The normalized spacial score (nSPS) is 17.6. The molecule has 132 valence electrons. The minimum atomic E-state index is -0.166. The summed E-state index contributed by atoms with van der Waals surface area (Å²) in [7, 11) is 0.